The molecule has 0 aliphatic heterocycles. The lowest BCUT2D eigenvalue weighted by molar-refractivity contribution is -0.134. The van der Waals surface area contributed by atoms with Crippen LogP contribution in [0.25, 0.3) is 0 Å². The average Bonchev–Trinajstić information content (AvgIpc) is 2.94. The Balaban J connectivity index is 2.28. The van der Waals surface area contributed by atoms with Gasteiger partial charge in [-0.2, -0.15) is 23.5 Å². The molecule has 0 aliphatic rings. The Bertz CT molecular complexity index is 1070. The van der Waals surface area contributed by atoms with Crippen LogP contribution >= 0.6 is 35.3 Å². The molecule has 0 aromatic heterocycles. The van der Waals surface area contributed by atoms with Gasteiger partial charge >= 0.3 is 11.9 Å². The molecule has 7 heteroatoms. The second-order valence-corrected chi connectivity index (χ2v) is 13.3. The monoisotopic (exact) mass is 614 g/mol. The van der Waals surface area contributed by atoms with Crippen LogP contribution in [0.5, 0.6) is 11.5 Å². The summed E-state index contributed by atoms with van der Waals surface area (Å²) < 4.78 is 11.7. The van der Waals surface area contributed by atoms with Gasteiger partial charge in [0, 0.05) is 32.8 Å². The molecule has 0 atom stereocenters. The molecule has 0 fully saturated rings. The molecule has 0 N–H and O–H groups in total. The lowest BCUT2D eigenvalue weighted by Gasteiger charge is -2.17. The van der Waals surface area contributed by atoms with Crippen molar-refractivity contribution in [3.8, 4) is 11.5 Å². The Kier molecular flexibility index (Phi) is 17.1. The van der Waals surface area contributed by atoms with E-state index < -0.39 is 0 Å². The summed E-state index contributed by atoms with van der Waals surface area (Å²) in [6, 6.07) is 8.39. The molecule has 0 saturated heterocycles. The largest absolute Gasteiger partial charge is 0.426 e. The predicted molar refractivity (Wildman–Crippen MR) is 179 cm³/mol. The quantitative estimate of drug-likeness (QED) is 0.0637. The Morgan fingerprint density at radius 1 is 0.732 bits per heavy atom. The van der Waals surface area contributed by atoms with Crippen LogP contribution in [0, 0.1) is 13.8 Å². The Hall–Kier alpha value is -2.09. The van der Waals surface area contributed by atoms with Crippen molar-refractivity contribution in [3.05, 3.63) is 71.8 Å². The van der Waals surface area contributed by atoms with Crippen molar-refractivity contribution < 1.29 is 19.1 Å². The number of esters is 2. The molecule has 0 aliphatic carbocycles. The Labute approximate surface area is 260 Å². The van der Waals surface area contributed by atoms with E-state index in [9.17, 15) is 9.59 Å². The van der Waals surface area contributed by atoms with Crippen LogP contribution in [0.3, 0.4) is 0 Å². The van der Waals surface area contributed by atoms with E-state index in [2.05, 4.69) is 53.0 Å². The number of unbranched alkanes of at least 4 members (excludes halogenated alkanes) is 2. The van der Waals surface area contributed by atoms with Crippen LogP contribution in [0.15, 0.2) is 59.4 Å². The van der Waals surface area contributed by atoms with Crippen molar-refractivity contribution in [1.82, 2.24) is 0 Å². The molecule has 2 aromatic carbocycles. The van der Waals surface area contributed by atoms with Crippen LogP contribution in [0.1, 0.15) is 74.6 Å². The molecule has 224 valence electrons. The van der Waals surface area contributed by atoms with Crippen LogP contribution in [0.2, 0.25) is 0 Å². The van der Waals surface area contributed by atoms with Crippen molar-refractivity contribution in [3.63, 3.8) is 0 Å². The van der Waals surface area contributed by atoms with E-state index in [0.717, 1.165) is 93.6 Å². The fraction of sp³-hybridized carbons (Fsp3) is 0.471. The standard InChI is InChI=1S/C34H46O4S3/c1-7-11-13-27-23-31(25(5)21-29(27)37-33(35)15-19-39-17-9-3)41-32-24-28(14-12-8-2)30(22-26(32)6)38-34(36)16-20-40-18-10-4/h9-10,21-24H,3-4,7-8,11-20H2,1-2,5-6H3. The second kappa shape index (κ2) is 19.9. The number of hydrogen-bond acceptors (Lipinski definition) is 7. The van der Waals surface area contributed by atoms with Gasteiger partial charge in [0.1, 0.15) is 11.5 Å². The first kappa shape index (κ1) is 35.1. The molecule has 0 unspecified atom stereocenters. The van der Waals surface area contributed by atoms with Crippen LogP contribution < -0.4 is 9.47 Å². The number of thioether (sulfide) groups is 2. The highest BCUT2D eigenvalue weighted by Crippen LogP contribution is 2.39. The predicted octanol–water partition coefficient (Wildman–Crippen LogP) is 9.57. The topological polar surface area (TPSA) is 52.6 Å². The zero-order chi connectivity index (χ0) is 30.0. The highest BCUT2D eigenvalue weighted by molar-refractivity contribution is 7.99. The van der Waals surface area contributed by atoms with E-state index in [4.69, 9.17) is 9.47 Å². The van der Waals surface area contributed by atoms with Crippen molar-refractivity contribution >= 4 is 47.2 Å². The zero-order valence-corrected chi connectivity index (χ0v) is 27.7. The summed E-state index contributed by atoms with van der Waals surface area (Å²) in [5, 5.41) is 0. The van der Waals surface area contributed by atoms with Gasteiger partial charge in [-0.3, -0.25) is 9.59 Å². The fourth-order valence-electron chi connectivity index (χ4n) is 4.05. The normalized spacial score (nSPS) is 10.8. The van der Waals surface area contributed by atoms with Gasteiger partial charge in [-0.05, 0) is 86.1 Å². The van der Waals surface area contributed by atoms with Crippen LogP contribution in [0.4, 0.5) is 0 Å². The molecular formula is C34H46O4S3. The summed E-state index contributed by atoms with van der Waals surface area (Å²) in [4.78, 5) is 27.4. The maximum absolute atomic E-state index is 12.5. The number of benzene rings is 2. The molecule has 0 amide bonds. The van der Waals surface area contributed by atoms with E-state index in [0.29, 0.717) is 24.3 Å². The first-order valence-electron chi connectivity index (χ1n) is 14.6. The Morgan fingerprint density at radius 2 is 1.15 bits per heavy atom. The molecule has 0 bridgehead atoms. The summed E-state index contributed by atoms with van der Waals surface area (Å²) in [6.07, 6.45) is 10.4. The fourth-order valence-corrected chi connectivity index (χ4v) is 6.42. The molecule has 0 heterocycles. The molecule has 0 spiro atoms. The SMILES string of the molecule is C=CCSCCC(=O)Oc1cc(C)c(Sc2cc(CCCC)c(OC(=O)CCSCC=C)cc2C)cc1CCCC. The number of aryl methyl sites for hydroxylation is 4. The molecule has 0 radical (unpaired) electrons. The van der Waals surface area contributed by atoms with E-state index in [-0.39, 0.29) is 11.9 Å². The first-order valence-corrected chi connectivity index (χ1v) is 17.7. The van der Waals surface area contributed by atoms with E-state index in [1.165, 1.54) is 0 Å². The van der Waals surface area contributed by atoms with Gasteiger partial charge in [-0.1, -0.05) is 50.6 Å². The van der Waals surface area contributed by atoms with Crippen molar-refractivity contribution in [2.24, 2.45) is 0 Å². The van der Waals surface area contributed by atoms with E-state index in [1.807, 2.05) is 24.3 Å². The summed E-state index contributed by atoms with van der Waals surface area (Å²) in [6.45, 7) is 15.9. The summed E-state index contributed by atoms with van der Waals surface area (Å²) in [5.74, 6) is 4.07. The first-order chi connectivity index (χ1) is 19.8. The molecule has 2 aromatic rings. The molecule has 4 nitrogen and oxygen atoms in total. The van der Waals surface area contributed by atoms with Crippen molar-refractivity contribution in [2.45, 2.75) is 88.9 Å². The summed E-state index contributed by atoms with van der Waals surface area (Å²) in [7, 11) is 0. The third-order valence-electron chi connectivity index (χ3n) is 6.36. The summed E-state index contributed by atoms with van der Waals surface area (Å²) in [5.41, 5.74) is 4.27. The van der Waals surface area contributed by atoms with Gasteiger partial charge in [-0.15, -0.1) is 13.2 Å². The summed E-state index contributed by atoms with van der Waals surface area (Å²) >= 11 is 5.08. The molecular weight excluding hydrogens is 569 g/mol. The number of carbonyl (C=O) groups is 2. The Morgan fingerprint density at radius 3 is 1.51 bits per heavy atom. The van der Waals surface area contributed by atoms with Crippen molar-refractivity contribution in [2.75, 3.05) is 23.0 Å². The zero-order valence-electron chi connectivity index (χ0n) is 25.2. The maximum atomic E-state index is 12.5. The van der Waals surface area contributed by atoms with E-state index in [1.54, 1.807) is 35.3 Å². The molecule has 41 heavy (non-hydrogen) atoms. The van der Waals surface area contributed by atoms with Crippen LogP contribution in [-0.4, -0.2) is 35.0 Å². The van der Waals surface area contributed by atoms with Gasteiger partial charge in [0.05, 0.1) is 12.8 Å². The van der Waals surface area contributed by atoms with Gasteiger partial charge in [0.2, 0.25) is 0 Å². The third kappa shape index (κ3) is 12.8. The number of rotatable bonds is 20. The molecule has 2 rings (SSSR count). The number of carbonyl (C=O) groups excluding carboxylic acids is 2. The lowest BCUT2D eigenvalue weighted by atomic mass is 10.0. The third-order valence-corrected chi connectivity index (χ3v) is 9.60. The second-order valence-electron chi connectivity index (χ2n) is 9.94. The maximum Gasteiger partial charge on any atom is 0.312 e. The van der Waals surface area contributed by atoms with Crippen LogP contribution in [-0.2, 0) is 22.4 Å². The highest BCUT2D eigenvalue weighted by Gasteiger charge is 2.17. The minimum Gasteiger partial charge on any atom is -0.426 e. The van der Waals surface area contributed by atoms with E-state index >= 15 is 0 Å². The number of ether oxygens (including phenoxy) is 2. The average molecular weight is 615 g/mol. The lowest BCUT2D eigenvalue weighted by Crippen LogP contribution is -2.11. The minimum absolute atomic E-state index is 0.194. The van der Waals surface area contributed by atoms with Gasteiger partial charge in [0.25, 0.3) is 0 Å². The van der Waals surface area contributed by atoms with Gasteiger partial charge < -0.3 is 9.47 Å². The van der Waals surface area contributed by atoms with Gasteiger partial charge in [0.15, 0.2) is 0 Å². The number of hydrogen-bond donors (Lipinski definition) is 0. The highest BCUT2D eigenvalue weighted by atomic mass is 32.2. The smallest absolute Gasteiger partial charge is 0.312 e. The minimum atomic E-state index is -0.194. The molecule has 0 saturated carbocycles. The van der Waals surface area contributed by atoms with Gasteiger partial charge in [-0.25, -0.2) is 0 Å². The van der Waals surface area contributed by atoms with Crippen molar-refractivity contribution in [1.29, 1.82) is 0 Å².